The Morgan fingerprint density at radius 2 is 2.00 bits per heavy atom. The van der Waals surface area contributed by atoms with Gasteiger partial charge in [0.2, 0.25) is 0 Å². The van der Waals surface area contributed by atoms with E-state index < -0.39 is 6.10 Å². The number of nitrogens with zero attached hydrogens (tertiary/aromatic N) is 1. The van der Waals surface area contributed by atoms with E-state index in [1.165, 1.54) is 0 Å². The van der Waals surface area contributed by atoms with Crippen molar-refractivity contribution in [3.05, 3.63) is 29.3 Å². The zero-order valence-corrected chi connectivity index (χ0v) is 13.3. The van der Waals surface area contributed by atoms with Crippen molar-refractivity contribution in [2.75, 3.05) is 38.2 Å². The number of hydrogen-bond acceptors (Lipinski definition) is 4. The van der Waals surface area contributed by atoms with Gasteiger partial charge in [-0.2, -0.15) is 0 Å². The first kappa shape index (κ1) is 16.0. The van der Waals surface area contributed by atoms with Gasteiger partial charge in [-0.05, 0) is 37.5 Å². The number of ether oxygens (including phenoxy) is 2. The molecule has 2 saturated heterocycles. The third kappa shape index (κ3) is 3.54. The predicted molar refractivity (Wildman–Crippen MR) is 85.5 cm³/mol. The summed E-state index contributed by atoms with van der Waals surface area (Å²) in [5, 5.41) is 2.85. The predicted octanol–water partition coefficient (Wildman–Crippen LogP) is 1.58. The number of carbonyl (C=O) groups is 2. The Kier molecular flexibility index (Phi) is 4.93. The van der Waals surface area contributed by atoms with Crippen molar-refractivity contribution in [3.63, 3.8) is 0 Å². The van der Waals surface area contributed by atoms with E-state index in [1.807, 2.05) is 17.9 Å². The molecule has 1 aromatic rings. The van der Waals surface area contributed by atoms with Crippen LogP contribution in [0.2, 0.25) is 0 Å². The minimum atomic E-state index is -0.596. The molecule has 2 amide bonds. The summed E-state index contributed by atoms with van der Waals surface area (Å²) in [7, 11) is 0. The second-order valence-electron chi connectivity index (χ2n) is 5.90. The Morgan fingerprint density at radius 1 is 1.22 bits per heavy atom. The van der Waals surface area contributed by atoms with Crippen molar-refractivity contribution in [1.29, 1.82) is 0 Å². The minimum Gasteiger partial charge on any atom is -0.376 e. The van der Waals surface area contributed by atoms with E-state index >= 15 is 0 Å². The molecule has 2 fully saturated rings. The normalized spacial score (nSPS) is 21.3. The molecule has 2 heterocycles. The van der Waals surface area contributed by atoms with Crippen molar-refractivity contribution < 1.29 is 19.1 Å². The van der Waals surface area contributed by atoms with Gasteiger partial charge >= 0.3 is 0 Å². The van der Waals surface area contributed by atoms with E-state index in [1.54, 1.807) is 12.1 Å². The fraction of sp³-hybridized carbons (Fsp3) is 0.529. The fourth-order valence-corrected chi connectivity index (χ4v) is 2.95. The second kappa shape index (κ2) is 7.10. The van der Waals surface area contributed by atoms with Crippen molar-refractivity contribution in [3.8, 4) is 0 Å². The molecular formula is C17H22N2O4. The lowest BCUT2D eigenvalue weighted by Gasteiger charge is -2.23. The zero-order chi connectivity index (χ0) is 16.2. The third-order valence-corrected chi connectivity index (χ3v) is 4.32. The molecule has 1 atom stereocenters. The maximum Gasteiger partial charge on any atom is 0.255 e. The molecule has 6 heteroatoms. The molecule has 1 N–H and O–H groups in total. The Hall–Kier alpha value is -1.92. The van der Waals surface area contributed by atoms with E-state index in [0.717, 1.165) is 31.5 Å². The van der Waals surface area contributed by atoms with E-state index in [2.05, 4.69) is 5.32 Å². The molecule has 3 rings (SSSR count). The summed E-state index contributed by atoms with van der Waals surface area (Å²) < 4.78 is 10.7. The number of hydrogen-bond donors (Lipinski definition) is 1. The monoisotopic (exact) mass is 318 g/mol. The molecule has 0 radical (unpaired) electrons. The first-order chi connectivity index (χ1) is 11.2. The highest BCUT2D eigenvalue weighted by Gasteiger charge is 2.25. The highest BCUT2D eigenvalue weighted by atomic mass is 16.6. The van der Waals surface area contributed by atoms with Crippen molar-refractivity contribution >= 4 is 17.5 Å². The van der Waals surface area contributed by atoms with Crippen LogP contribution in [-0.2, 0) is 14.3 Å². The van der Waals surface area contributed by atoms with Crippen molar-refractivity contribution in [2.24, 2.45) is 0 Å². The van der Waals surface area contributed by atoms with E-state index in [-0.39, 0.29) is 18.4 Å². The Bertz CT molecular complexity index is 590. The lowest BCUT2D eigenvalue weighted by Crippen LogP contribution is -2.39. The van der Waals surface area contributed by atoms with Crippen LogP contribution in [0.3, 0.4) is 0 Å². The molecule has 0 bridgehead atoms. The van der Waals surface area contributed by atoms with Gasteiger partial charge in [-0.25, -0.2) is 0 Å². The van der Waals surface area contributed by atoms with Crippen LogP contribution >= 0.6 is 0 Å². The van der Waals surface area contributed by atoms with Gasteiger partial charge < -0.3 is 19.7 Å². The summed E-state index contributed by atoms with van der Waals surface area (Å²) in [5.41, 5.74) is 2.08. The molecule has 0 saturated carbocycles. The molecule has 23 heavy (non-hydrogen) atoms. The first-order valence-corrected chi connectivity index (χ1v) is 8.06. The Balaban J connectivity index is 1.73. The second-order valence-corrected chi connectivity index (χ2v) is 5.90. The topological polar surface area (TPSA) is 67.9 Å². The summed E-state index contributed by atoms with van der Waals surface area (Å²) in [4.78, 5) is 26.7. The SMILES string of the molecule is Cc1c(NC(=O)C2COCCO2)cccc1C(=O)N1CCCC1. The van der Waals surface area contributed by atoms with Crippen LogP contribution in [0.5, 0.6) is 0 Å². The molecule has 0 aliphatic carbocycles. The van der Waals surface area contributed by atoms with Crippen LogP contribution in [-0.4, -0.2) is 55.7 Å². The summed E-state index contributed by atoms with van der Waals surface area (Å²) >= 11 is 0. The number of likely N-dealkylation sites (tertiary alicyclic amines) is 1. The minimum absolute atomic E-state index is 0.0355. The average molecular weight is 318 g/mol. The van der Waals surface area contributed by atoms with Crippen molar-refractivity contribution in [1.82, 2.24) is 4.90 Å². The van der Waals surface area contributed by atoms with Crippen LogP contribution in [0.25, 0.3) is 0 Å². The fourth-order valence-electron chi connectivity index (χ4n) is 2.95. The van der Waals surface area contributed by atoms with Crippen LogP contribution in [0.1, 0.15) is 28.8 Å². The van der Waals surface area contributed by atoms with Crippen molar-refractivity contribution in [2.45, 2.75) is 25.9 Å². The molecule has 1 aromatic carbocycles. The lowest BCUT2D eigenvalue weighted by atomic mass is 10.1. The van der Waals surface area contributed by atoms with Gasteiger partial charge in [-0.1, -0.05) is 6.07 Å². The van der Waals surface area contributed by atoms with Gasteiger partial charge in [0.15, 0.2) is 6.10 Å². The number of anilines is 1. The largest absolute Gasteiger partial charge is 0.376 e. The first-order valence-electron chi connectivity index (χ1n) is 8.06. The Labute approximate surface area is 135 Å². The van der Waals surface area contributed by atoms with Gasteiger partial charge in [0.05, 0.1) is 19.8 Å². The standard InChI is InChI=1S/C17H22N2O4/c1-12-13(17(21)19-7-2-3-8-19)5-4-6-14(12)18-16(20)15-11-22-9-10-23-15/h4-6,15H,2-3,7-11H2,1H3,(H,18,20). The Morgan fingerprint density at radius 3 is 2.70 bits per heavy atom. The maximum atomic E-state index is 12.6. The lowest BCUT2D eigenvalue weighted by molar-refractivity contribution is -0.142. The summed E-state index contributed by atoms with van der Waals surface area (Å²) in [6, 6.07) is 5.41. The summed E-state index contributed by atoms with van der Waals surface area (Å²) in [5.74, 6) is -0.202. The number of nitrogens with one attached hydrogen (secondary N) is 1. The molecule has 2 aliphatic heterocycles. The van der Waals surface area contributed by atoms with Gasteiger partial charge in [-0.3, -0.25) is 9.59 Å². The summed E-state index contributed by atoms with van der Waals surface area (Å²) in [6.07, 6.45) is 1.52. The molecule has 0 aromatic heterocycles. The quantitative estimate of drug-likeness (QED) is 0.919. The van der Waals surface area contributed by atoms with Gasteiger partial charge in [0.25, 0.3) is 11.8 Å². The smallest absolute Gasteiger partial charge is 0.255 e. The molecule has 124 valence electrons. The molecular weight excluding hydrogens is 296 g/mol. The summed E-state index contributed by atoms with van der Waals surface area (Å²) in [6.45, 7) is 4.67. The van der Waals surface area contributed by atoms with E-state index in [9.17, 15) is 9.59 Å². The van der Waals surface area contributed by atoms with Crippen LogP contribution in [0, 0.1) is 6.92 Å². The molecule has 0 spiro atoms. The molecule has 1 unspecified atom stereocenters. The van der Waals surface area contributed by atoms with Gasteiger partial charge in [-0.15, -0.1) is 0 Å². The van der Waals surface area contributed by atoms with Gasteiger partial charge in [0.1, 0.15) is 0 Å². The molecule has 2 aliphatic rings. The van der Waals surface area contributed by atoms with Crippen LogP contribution in [0.15, 0.2) is 18.2 Å². The zero-order valence-electron chi connectivity index (χ0n) is 13.3. The molecule has 6 nitrogen and oxygen atoms in total. The average Bonchev–Trinajstić information content (AvgIpc) is 3.11. The van der Waals surface area contributed by atoms with Gasteiger partial charge in [0, 0.05) is 24.3 Å². The number of carbonyl (C=O) groups excluding carboxylic acids is 2. The number of rotatable bonds is 3. The third-order valence-electron chi connectivity index (χ3n) is 4.32. The van der Waals surface area contributed by atoms with Crippen LogP contribution in [0.4, 0.5) is 5.69 Å². The maximum absolute atomic E-state index is 12.6. The highest BCUT2D eigenvalue weighted by Crippen LogP contribution is 2.22. The highest BCUT2D eigenvalue weighted by molar-refractivity contribution is 6.00. The van der Waals surface area contributed by atoms with E-state index in [4.69, 9.17) is 9.47 Å². The van der Waals surface area contributed by atoms with Crippen LogP contribution < -0.4 is 5.32 Å². The number of benzene rings is 1. The number of amides is 2. The van der Waals surface area contributed by atoms with E-state index in [0.29, 0.717) is 24.5 Å².